The molecule has 1 saturated heterocycles. The molecule has 140 valence electrons. The minimum atomic E-state index is -0.0536. The van der Waals surface area contributed by atoms with Crippen LogP contribution >= 0.6 is 11.3 Å². The van der Waals surface area contributed by atoms with E-state index in [1.54, 1.807) is 11.3 Å². The van der Waals surface area contributed by atoms with Gasteiger partial charge in [-0.1, -0.05) is 0 Å². The number of amides is 1. The molecule has 1 aliphatic carbocycles. The lowest BCUT2D eigenvalue weighted by atomic mass is 10.0. The monoisotopic (exact) mass is 382 g/mol. The minimum Gasteiger partial charge on any atom is -0.488 e. The largest absolute Gasteiger partial charge is 0.488 e. The van der Waals surface area contributed by atoms with Crippen LogP contribution in [0.2, 0.25) is 0 Å². The van der Waals surface area contributed by atoms with Crippen molar-refractivity contribution in [1.82, 2.24) is 19.9 Å². The highest BCUT2D eigenvalue weighted by Gasteiger charge is 2.30. The van der Waals surface area contributed by atoms with Crippen LogP contribution in [0.3, 0.4) is 0 Å². The molecule has 2 atom stereocenters. The molecule has 2 aliphatic rings. The number of ether oxygens (including phenoxy) is 1. The maximum absolute atomic E-state index is 11.6. The van der Waals surface area contributed by atoms with Gasteiger partial charge in [0.1, 0.15) is 17.4 Å². The summed E-state index contributed by atoms with van der Waals surface area (Å²) in [6.45, 7) is 4.74. The molecule has 1 saturated carbocycles. The SMILES string of the molecule is Cc1nc(-c2cc(O[C@H](C)C3CNC(=O)C3)c3c(c2)ncn3C2CC2)cs1. The number of carbonyl (C=O) groups is 1. The lowest BCUT2D eigenvalue weighted by Gasteiger charge is -2.21. The molecule has 1 unspecified atom stereocenters. The average Bonchev–Trinajstić information content (AvgIpc) is 3.04. The maximum atomic E-state index is 11.6. The first-order valence-corrected chi connectivity index (χ1v) is 10.3. The molecule has 0 spiro atoms. The van der Waals surface area contributed by atoms with E-state index in [2.05, 4.69) is 37.4 Å². The van der Waals surface area contributed by atoms with E-state index >= 15 is 0 Å². The van der Waals surface area contributed by atoms with Crippen LogP contribution in [0.25, 0.3) is 22.3 Å². The van der Waals surface area contributed by atoms with Gasteiger partial charge in [0.05, 0.1) is 22.5 Å². The van der Waals surface area contributed by atoms with Crippen molar-refractivity contribution in [3.05, 3.63) is 28.8 Å². The van der Waals surface area contributed by atoms with E-state index in [0.29, 0.717) is 19.0 Å². The van der Waals surface area contributed by atoms with Crippen molar-refractivity contribution in [3.8, 4) is 17.0 Å². The predicted octanol–water partition coefficient (Wildman–Crippen LogP) is 3.71. The Kier molecular flexibility index (Phi) is 3.93. The minimum absolute atomic E-state index is 0.0536. The van der Waals surface area contributed by atoms with Gasteiger partial charge in [-0.3, -0.25) is 4.79 Å². The van der Waals surface area contributed by atoms with Gasteiger partial charge in [-0.2, -0.15) is 0 Å². The molecule has 5 rings (SSSR count). The highest BCUT2D eigenvalue weighted by atomic mass is 32.1. The lowest BCUT2D eigenvalue weighted by Crippen LogP contribution is -2.25. The van der Waals surface area contributed by atoms with Crippen molar-refractivity contribution in [3.63, 3.8) is 0 Å². The van der Waals surface area contributed by atoms with Crippen LogP contribution in [0.1, 0.15) is 37.2 Å². The summed E-state index contributed by atoms with van der Waals surface area (Å²) < 4.78 is 8.67. The first-order valence-electron chi connectivity index (χ1n) is 9.45. The Bertz CT molecular complexity index is 1020. The summed E-state index contributed by atoms with van der Waals surface area (Å²) in [5.74, 6) is 1.13. The molecule has 1 amide bonds. The summed E-state index contributed by atoms with van der Waals surface area (Å²) in [6.07, 6.45) is 4.78. The van der Waals surface area contributed by atoms with Crippen molar-refractivity contribution in [2.24, 2.45) is 5.92 Å². The fourth-order valence-corrected chi connectivity index (χ4v) is 4.37. The van der Waals surface area contributed by atoms with Crippen molar-refractivity contribution in [2.45, 2.75) is 45.3 Å². The topological polar surface area (TPSA) is 69.0 Å². The quantitative estimate of drug-likeness (QED) is 0.730. The first-order chi connectivity index (χ1) is 13.1. The highest BCUT2D eigenvalue weighted by molar-refractivity contribution is 7.09. The van der Waals surface area contributed by atoms with E-state index in [1.165, 1.54) is 12.8 Å². The summed E-state index contributed by atoms with van der Waals surface area (Å²) >= 11 is 1.64. The van der Waals surface area contributed by atoms with Crippen molar-refractivity contribution < 1.29 is 9.53 Å². The summed E-state index contributed by atoms with van der Waals surface area (Å²) in [6, 6.07) is 4.70. The number of rotatable bonds is 5. The zero-order valence-corrected chi connectivity index (χ0v) is 16.3. The van der Waals surface area contributed by atoms with E-state index in [0.717, 1.165) is 33.0 Å². The summed E-state index contributed by atoms with van der Waals surface area (Å²) in [5.41, 5.74) is 3.97. The van der Waals surface area contributed by atoms with Gasteiger partial charge >= 0.3 is 0 Å². The van der Waals surface area contributed by atoms with E-state index in [9.17, 15) is 4.79 Å². The van der Waals surface area contributed by atoms with Gasteiger partial charge in [-0.05, 0) is 38.8 Å². The number of thiazole rings is 1. The normalized spacial score (nSPS) is 20.8. The summed E-state index contributed by atoms with van der Waals surface area (Å²) in [7, 11) is 0. The summed E-state index contributed by atoms with van der Waals surface area (Å²) in [4.78, 5) is 20.9. The van der Waals surface area contributed by atoms with E-state index in [-0.39, 0.29) is 17.9 Å². The Morgan fingerprint density at radius 1 is 1.37 bits per heavy atom. The van der Waals surface area contributed by atoms with Gasteiger partial charge in [-0.25, -0.2) is 9.97 Å². The van der Waals surface area contributed by atoms with Crippen molar-refractivity contribution >= 4 is 28.3 Å². The van der Waals surface area contributed by atoms with E-state index in [4.69, 9.17) is 4.74 Å². The van der Waals surface area contributed by atoms with Gasteiger partial charge < -0.3 is 14.6 Å². The van der Waals surface area contributed by atoms with Gasteiger partial charge in [-0.15, -0.1) is 11.3 Å². The number of nitrogens with one attached hydrogen (secondary N) is 1. The van der Waals surface area contributed by atoms with Crippen LogP contribution in [0, 0.1) is 12.8 Å². The van der Waals surface area contributed by atoms with E-state index < -0.39 is 0 Å². The van der Waals surface area contributed by atoms with Gasteiger partial charge in [0.2, 0.25) is 5.91 Å². The Morgan fingerprint density at radius 2 is 2.22 bits per heavy atom. The molecular weight excluding hydrogens is 360 g/mol. The van der Waals surface area contributed by atoms with Gasteiger partial charge in [0.25, 0.3) is 0 Å². The van der Waals surface area contributed by atoms with Gasteiger partial charge in [0.15, 0.2) is 0 Å². The molecule has 3 heterocycles. The zero-order chi connectivity index (χ0) is 18.5. The molecule has 3 aromatic rings. The van der Waals surface area contributed by atoms with Crippen LogP contribution in [0.4, 0.5) is 0 Å². The highest BCUT2D eigenvalue weighted by Crippen LogP contribution is 2.41. The third kappa shape index (κ3) is 3.10. The molecule has 2 fully saturated rings. The predicted molar refractivity (Wildman–Crippen MR) is 105 cm³/mol. The first kappa shape index (κ1) is 16.7. The molecule has 6 nitrogen and oxygen atoms in total. The molecule has 0 radical (unpaired) electrons. The number of fused-ring (bicyclic) bond motifs is 1. The Hall–Kier alpha value is -2.41. The van der Waals surface area contributed by atoms with Crippen molar-refractivity contribution in [1.29, 1.82) is 0 Å². The number of hydrogen-bond donors (Lipinski definition) is 1. The average molecular weight is 382 g/mol. The third-order valence-corrected chi connectivity index (χ3v) is 6.25. The molecule has 0 bridgehead atoms. The molecule has 27 heavy (non-hydrogen) atoms. The molecular formula is C20H22N4O2S. The van der Waals surface area contributed by atoms with Crippen LogP contribution in [-0.4, -0.2) is 33.1 Å². The molecule has 1 N–H and O–H groups in total. The second-order valence-corrected chi connectivity index (χ2v) is 8.63. The van der Waals surface area contributed by atoms with Crippen molar-refractivity contribution in [2.75, 3.05) is 6.54 Å². The Morgan fingerprint density at radius 3 is 2.89 bits per heavy atom. The summed E-state index contributed by atoms with van der Waals surface area (Å²) in [5, 5.41) is 6.02. The second kappa shape index (κ2) is 6.34. The van der Waals surface area contributed by atoms with Crippen LogP contribution in [0.15, 0.2) is 23.8 Å². The number of carbonyl (C=O) groups excluding carboxylic acids is 1. The zero-order valence-electron chi connectivity index (χ0n) is 15.4. The Labute approximate surface area is 161 Å². The van der Waals surface area contributed by atoms with E-state index in [1.807, 2.05) is 20.2 Å². The standard InChI is InChI=1S/C20H22N4O2S/c1-11(14-7-19(25)21-8-14)26-18-6-13(17-9-27-12(2)23-17)5-16-20(18)24(10-22-16)15-3-4-15/h5-6,9-11,14-15H,3-4,7-8H2,1-2H3,(H,21,25)/t11-,14?/m1/s1. The van der Waals surface area contributed by atoms with Gasteiger partial charge in [0, 0.05) is 35.9 Å². The number of imidazole rings is 1. The Balaban J connectivity index is 1.56. The maximum Gasteiger partial charge on any atom is 0.220 e. The smallest absolute Gasteiger partial charge is 0.220 e. The fraction of sp³-hybridized carbons (Fsp3) is 0.450. The van der Waals surface area contributed by atoms with Crippen LogP contribution in [0.5, 0.6) is 5.75 Å². The van der Waals surface area contributed by atoms with Crippen LogP contribution in [-0.2, 0) is 4.79 Å². The lowest BCUT2D eigenvalue weighted by molar-refractivity contribution is -0.119. The molecule has 1 aromatic carbocycles. The number of nitrogens with zero attached hydrogens (tertiary/aromatic N) is 3. The fourth-order valence-electron chi connectivity index (χ4n) is 3.75. The molecule has 1 aliphatic heterocycles. The molecule has 2 aromatic heterocycles. The number of aryl methyl sites for hydroxylation is 1. The number of hydrogen-bond acceptors (Lipinski definition) is 5. The number of benzene rings is 1. The third-order valence-electron chi connectivity index (χ3n) is 5.48. The van der Waals surface area contributed by atoms with Crippen LogP contribution < -0.4 is 10.1 Å². The molecule has 7 heteroatoms. The number of aromatic nitrogens is 3. The second-order valence-electron chi connectivity index (χ2n) is 7.57.